The Hall–Kier alpha value is -1.64. The largest absolute Gasteiger partial charge is 0.496 e. The van der Waals surface area contributed by atoms with Gasteiger partial charge in [0, 0.05) is 32.7 Å². The van der Waals surface area contributed by atoms with Crippen molar-refractivity contribution in [3.8, 4) is 5.75 Å². The van der Waals surface area contributed by atoms with Gasteiger partial charge in [-0.3, -0.25) is 0 Å². The first-order valence-electron chi connectivity index (χ1n) is 6.24. The first kappa shape index (κ1) is 13.3. The van der Waals surface area contributed by atoms with E-state index in [0.29, 0.717) is 5.02 Å². The third kappa shape index (κ3) is 2.49. The van der Waals surface area contributed by atoms with Crippen LogP contribution >= 0.6 is 23.2 Å². The Kier molecular flexibility index (Phi) is 3.60. The zero-order chi connectivity index (χ0) is 14.1. The highest BCUT2D eigenvalue weighted by atomic mass is 35.5. The molecular weight excluding hydrogens is 293 g/mol. The first-order valence-corrected chi connectivity index (χ1v) is 7.00. The van der Waals surface area contributed by atoms with Crippen molar-refractivity contribution in [3.05, 3.63) is 64.3 Å². The van der Waals surface area contributed by atoms with E-state index in [9.17, 15) is 0 Å². The van der Waals surface area contributed by atoms with E-state index in [0.717, 1.165) is 33.8 Å². The molecule has 0 aliphatic carbocycles. The quantitative estimate of drug-likeness (QED) is 0.664. The normalized spacial score (nSPS) is 10.9. The third-order valence-electron chi connectivity index (χ3n) is 3.32. The lowest BCUT2D eigenvalue weighted by Gasteiger charge is -2.11. The number of fused-ring (bicyclic) bond motifs is 1. The molecule has 1 aromatic heterocycles. The fraction of sp³-hybridized carbons (Fsp3) is 0.125. The SMILES string of the molecule is COc1cc(Cl)ccc1Cn1ccc2cc(Cl)ccc21. The van der Waals surface area contributed by atoms with Gasteiger partial charge in [-0.25, -0.2) is 0 Å². The van der Waals surface area contributed by atoms with Gasteiger partial charge in [0.05, 0.1) is 13.7 Å². The Balaban J connectivity index is 2.01. The van der Waals surface area contributed by atoms with Crippen molar-refractivity contribution in [2.24, 2.45) is 0 Å². The summed E-state index contributed by atoms with van der Waals surface area (Å²) in [6.07, 6.45) is 2.05. The maximum Gasteiger partial charge on any atom is 0.125 e. The lowest BCUT2D eigenvalue weighted by molar-refractivity contribution is 0.408. The molecule has 4 heteroatoms. The number of rotatable bonds is 3. The molecule has 0 saturated carbocycles. The molecule has 0 spiro atoms. The third-order valence-corrected chi connectivity index (χ3v) is 3.79. The van der Waals surface area contributed by atoms with Gasteiger partial charge in [-0.2, -0.15) is 0 Å². The van der Waals surface area contributed by atoms with E-state index in [2.05, 4.69) is 16.8 Å². The van der Waals surface area contributed by atoms with Crippen LogP contribution in [0.1, 0.15) is 5.56 Å². The Morgan fingerprint density at radius 3 is 2.55 bits per heavy atom. The van der Waals surface area contributed by atoms with E-state index in [-0.39, 0.29) is 0 Å². The van der Waals surface area contributed by atoms with Crippen LogP contribution in [-0.4, -0.2) is 11.7 Å². The van der Waals surface area contributed by atoms with E-state index >= 15 is 0 Å². The van der Waals surface area contributed by atoms with Crippen molar-refractivity contribution in [1.29, 1.82) is 0 Å². The van der Waals surface area contributed by atoms with Crippen molar-refractivity contribution in [3.63, 3.8) is 0 Å². The summed E-state index contributed by atoms with van der Waals surface area (Å²) in [4.78, 5) is 0. The Bertz CT molecular complexity index is 764. The fourth-order valence-corrected chi connectivity index (χ4v) is 2.68. The number of hydrogen-bond donors (Lipinski definition) is 0. The molecule has 1 heterocycles. The molecule has 0 N–H and O–H groups in total. The highest BCUT2D eigenvalue weighted by Crippen LogP contribution is 2.26. The summed E-state index contributed by atoms with van der Waals surface area (Å²) in [7, 11) is 1.66. The molecule has 20 heavy (non-hydrogen) atoms. The highest BCUT2D eigenvalue weighted by molar-refractivity contribution is 6.31. The van der Waals surface area contributed by atoms with Crippen LogP contribution in [-0.2, 0) is 6.54 Å². The smallest absolute Gasteiger partial charge is 0.125 e. The maximum absolute atomic E-state index is 6.01. The number of benzene rings is 2. The van der Waals surface area contributed by atoms with Gasteiger partial charge >= 0.3 is 0 Å². The van der Waals surface area contributed by atoms with Gasteiger partial charge in [-0.05, 0) is 36.4 Å². The Morgan fingerprint density at radius 2 is 1.75 bits per heavy atom. The molecule has 0 fully saturated rings. The van der Waals surface area contributed by atoms with Gasteiger partial charge in [0.25, 0.3) is 0 Å². The van der Waals surface area contributed by atoms with Crippen LogP contribution in [0.3, 0.4) is 0 Å². The summed E-state index contributed by atoms with van der Waals surface area (Å²) in [6.45, 7) is 0.728. The molecule has 0 saturated heterocycles. The van der Waals surface area contributed by atoms with Gasteiger partial charge in [0.1, 0.15) is 5.75 Å². The Labute approximate surface area is 127 Å². The molecule has 2 nitrogen and oxygen atoms in total. The number of nitrogens with zero attached hydrogens (tertiary/aromatic N) is 1. The molecular formula is C16H13Cl2NO. The second-order valence-corrected chi connectivity index (χ2v) is 5.48. The molecule has 0 radical (unpaired) electrons. The standard InChI is InChI=1S/C16H13Cl2NO/c1-20-16-9-14(18)3-2-12(16)10-19-7-6-11-8-13(17)4-5-15(11)19/h2-9H,10H2,1H3. The average Bonchev–Trinajstić information content (AvgIpc) is 2.83. The van der Waals surface area contributed by atoms with Crippen LogP contribution in [0.25, 0.3) is 10.9 Å². The molecule has 0 aliphatic rings. The lowest BCUT2D eigenvalue weighted by Crippen LogP contribution is -2.00. The van der Waals surface area contributed by atoms with Crippen LogP contribution in [0.4, 0.5) is 0 Å². The summed E-state index contributed by atoms with van der Waals surface area (Å²) in [5.41, 5.74) is 2.23. The molecule has 0 aliphatic heterocycles. The van der Waals surface area contributed by atoms with E-state index in [1.807, 2.05) is 36.4 Å². The first-order chi connectivity index (χ1) is 9.67. The molecule has 0 atom stereocenters. The molecule has 3 rings (SSSR count). The summed E-state index contributed by atoms with van der Waals surface area (Å²) in [5, 5.41) is 2.56. The minimum atomic E-state index is 0.676. The minimum Gasteiger partial charge on any atom is -0.496 e. The number of aromatic nitrogens is 1. The van der Waals surface area contributed by atoms with Crippen LogP contribution in [0, 0.1) is 0 Å². The predicted molar refractivity (Wildman–Crippen MR) is 84.1 cm³/mol. The molecule has 3 aromatic rings. The zero-order valence-corrected chi connectivity index (χ0v) is 12.4. The van der Waals surface area contributed by atoms with Crippen LogP contribution in [0.2, 0.25) is 10.0 Å². The van der Waals surface area contributed by atoms with E-state index in [1.165, 1.54) is 0 Å². The van der Waals surface area contributed by atoms with E-state index in [1.54, 1.807) is 7.11 Å². The van der Waals surface area contributed by atoms with Crippen molar-refractivity contribution >= 4 is 34.1 Å². The monoisotopic (exact) mass is 305 g/mol. The predicted octanol–water partition coefficient (Wildman–Crippen LogP) is 5.01. The Morgan fingerprint density at radius 1 is 1.00 bits per heavy atom. The van der Waals surface area contributed by atoms with Gasteiger partial charge in [0.2, 0.25) is 0 Å². The lowest BCUT2D eigenvalue weighted by atomic mass is 10.2. The summed E-state index contributed by atoms with van der Waals surface area (Å²) >= 11 is 12.0. The molecule has 0 bridgehead atoms. The summed E-state index contributed by atoms with van der Waals surface area (Å²) in [6, 6.07) is 13.7. The number of halogens is 2. The average molecular weight is 306 g/mol. The van der Waals surface area contributed by atoms with Crippen molar-refractivity contribution in [2.75, 3.05) is 7.11 Å². The van der Waals surface area contributed by atoms with Gasteiger partial charge in [0.15, 0.2) is 0 Å². The summed E-state index contributed by atoms with van der Waals surface area (Å²) < 4.78 is 7.55. The van der Waals surface area contributed by atoms with E-state index < -0.39 is 0 Å². The molecule has 2 aromatic carbocycles. The second-order valence-electron chi connectivity index (χ2n) is 4.60. The molecule has 0 amide bonds. The van der Waals surface area contributed by atoms with Crippen LogP contribution < -0.4 is 4.74 Å². The van der Waals surface area contributed by atoms with Crippen LogP contribution in [0.15, 0.2) is 48.7 Å². The van der Waals surface area contributed by atoms with Crippen molar-refractivity contribution in [1.82, 2.24) is 4.57 Å². The van der Waals surface area contributed by atoms with Crippen LogP contribution in [0.5, 0.6) is 5.75 Å². The van der Waals surface area contributed by atoms with Gasteiger partial charge in [-0.15, -0.1) is 0 Å². The highest BCUT2D eigenvalue weighted by Gasteiger charge is 2.07. The zero-order valence-electron chi connectivity index (χ0n) is 10.9. The molecule has 0 unspecified atom stereocenters. The maximum atomic E-state index is 6.01. The number of hydrogen-bond acceptors (Lipinski definition) is 1. The minimum absolute atomic E-state index is 0.676. The van der Waals surface area contributed by atoms with E-state index in [4.69, 9.17) is 27.9 Å². The number of methoxy groups -OCH3 is 1. The summed E-state index contributed by atoms with van der Waals surface area (Å²) in [5.74, 6) is 0.799. The van der Waals surface area contributed by atoms with Gasteiger partial charge in [-0.1, -0.05) is 29.3 Å². The van der Waals surface area contributed by atoms with Gasteiger partial charge < -0.3 is 9.30 Å². The topological polar surface area (TPSA) is 14.2 Å². The number of ether oxygens (including phenoxy) is 1. The fourth-order valence-electron chi connectivity index (χ4n) is 2.34. The van der Waals surface area contributed by atoms with Crippen molar-refractivity contribution < 1.29 is 4.74 Å². The molecule has 102 valence electrons. The van der Waals surface area contributed by atoms with Crippen molar-refractivity contribution in [2.45, 2.75) is 6.54 Å². The second kappa shape index (κ2) is 5.39.